The predicted molar refractivity (Wildman–Crippen MR) is 130 cm³/mol. The van der Waals surface area contributed by atoms with Gasteiger partial charge in [-0.05, 0) is 46.6 Å². The van der Waals surface area contributed by atoms with Gasteiger partial charge in [-0.15, -0.1) is 0 Å². The lowest BCUT2D eigenvalue weighted by Gasteiger charge is -2.33. The van der Waals surface area contributed by atoms with Gasteiger partial charge in [0, 0.05) is 35.5 Å². The molecule has 0 bridgehead atoms. The van der Waals surface area contributed by atoms with Crippen molar-refractivity contribution in [3.63, 3.8) is 0 Å². The van der Waals surface area contributed by atoms with Crippen LogP contribution in [0.3, 0.4) is 0 Å². The number of carbonyl (C=O) groups excluding carboxylic acids is 4. The van der Waals surface area contributed by atoms with Crippen molar-refractivity contribution in [2.45, 2.75) is 58.2 Å². The smallest absolute Gasteiger partial charge is 0.408 e. The number of nitrogens with one attached hydrogen (secondary N) is 3. The highest BCUT2D eigenvalue weighted by atomic mass is 16.6. The van der Waals surface area contributed by atoms with Crippen LogP contribution in [0, 0.1) is 17.8 Å². The van der Waals surface area contributed by atoms with Crippen LogP contribution < -0.4 is 10.6 Å². The summed E-state index contributed by atoms with van der Waals surface area (Å²) < 4.78 is 16.0. The number of rotatable bonds is 7. The summed E-state index contributed by atoms with van der Waals surface area (Å²) in [5.74, 6) is -3.16. The van der Waals surface area contributed by atoms with E-state index in [0.29, 0.717) is 5.56 Å². The van der Waals surface area contributed by atoms with Crippen LogP contribution in [0.15, 0.2) is 30.5 Å². The third-order valence-electron chi connectivity index (χ3n) is 6.72. The fraction of sp³-hybridized carbons (Fsp3) is 0.538. The van der Waals surface area contributed by atoms with Gasteiger partial charge >= 0.3 is 18.0 Å². The van der Waals surface area contributed by atoms with E-state index in [0.717, 1.165) is 10.9 Å². The van der Waals surface area contributed by atoms with Crippen LogP contribution in [-0.2, 0) is 23.8 Å². The number of hydrogen-bond donors (Lipinski definition) is 3. The minimum absolute atomic E-state index is 0.0599. The molecule has 2 saturated carbocycles. The van der Waals surface area contributed by atoms with E-state index in [1.807, 2.05) is 24.3 Å². The van der Waals surface area contributed by atoms with Crippen LogP contribution in [-0.4, -0.2) is 59.3 Å². The maximum atomic E-state index is 13.3. The van der Waals surface area contributed by atoms with Crippen LogP contribution in [0.2, 0.25) is 0 Å². The van der Waals surface area contributed by atoms with E-state index in [2.05, 4.69) is 15.6 Å². The lowest BCUT2D eigenvalue weighted by atomic mass is 9.88. The number of benzene rings is 1. The summed E-state index contributed by atoms with van der Waals surface area (Å²) in [6.07, 6.45) is 0.886. The summed E-state index contributed by atoms with van der Waals surface area (Å²) in [5.41, 5.74) is -1.08. The van der Waals surface area contributed by atoms with Crippen molar-refractivity contribution in [3.05, 3.63) is 36.0 Å². The Labute approximate surface area is 209 Å². The molecule has 1 aromatic carbocycles. The number of H-pyrrole nitrogens is 1. The molecule has 0 saturated heterocycles. The zero-order valence-electron chi connectivity index (χ0n) is 21.2. The van der Waals surface area contributed by atoms with Crippen LogP contribution >= 0.6 is 0 Å². The second kappa shape index (κ2) is 9.48. The average Bonchev–Trinajstić information content (AvgIpc) is 3.28. The summed E-state index contributed by atoms with van der Waals surface area (Å²) in [6, 6.07) is 6.83. The monoisotopic (exact) mass is 499 g/mol. The Kier molecular flexibility index (Phi) is 6.72. The maximum absolute atomic E-state index is 13.3. The summed E-state index contributed by atoms with van der Waals surface area (Å²) in [5, 5.41) is 6.47. The predicted octanol–water partition coefficient (Wildman–Crippen LogP) is 2.92. The average molecular weight is 500 g/mol. The minimum atomic E-state index is -1.54. The normalized spacial score (nSPS) is 26.6. The van der Waals surface area contributed by atoms with Gasteiger partial charge in [-0.25, -0.2) is 9.59 Å². The molecule has 5 atom stereocenters. The summed E-state index contributed by atoms with van der Waals surface area (Å²) in [4.78, 5) is 55.3. The van der Waals surface area contributed by atoms with Crippen molar-refractivity contribution in [3.8, 4) is 0 Å². The first-order valence-corrected chi connectivity index (χ1v) is 12.2. The number of ether oxygens (including phenoxy) is 3. The summed E-state index contributed by atoms with van der Waals surface area (Å²) in [7, 11) is 0. The Balaban J connectivity index is 1.65. The van der Waals surface area contributed by atoms with Crippen LogP contribution in [0.5, 0.6) is 0 Å². The van der Waals surface area contributed by atoms with E-state index in [1.54, 1.807) is 40.8 Å². The van der Waals surface area contributed by atoms with E-state index < -0.39 is 53.0 Å². The van der Waals surface area contributed by atoms with E-state index in [-0.39, 0.29) is 25.5 Å². The lowest BCUT2D eigenvalue weighted by Crippen LogP contribution is -2.59. The number of amides is 2. The van der Waals surface area contributed by atoms with Gasteiger partial charge in [0.2, 0.25) is 0 Å². The van der Waals surface area contributed by atoms with Crippen LogP contribution in [0.25, 0.3) is 10.9 Å². The molecular weight excluding hydrogens is 466 g/mol. The number of aromatic nitrogens is 1. The Morgan fingerprint density at radius 3 is 2.44 bits per heavy atom. The fourth-order valence-electron chi connectivity index (χ4n) is 5.43. The Bertz CT molecular complexity index is 1180. The third kappa shape index (κ3) is 4.64. The molecule has 194 valence electrons. The lowest BCUT2D eigenvalue weighted by molar-refractivity contribution is -0.153. The Morgan fingerprint density at radius 1 is 1.08 bits per heavy atom. The van der Waals surface area contributed by atoms with Gasteiger partial charge in [-0.1, -0.05) is 18.2 Å². The molecule has 36 heavy (non-hydrogen) atoms. The van der Waals surface area contributed by atoms with Crippen molar-refractivity contribution in [2.75, 3.05) is 13.2 Å². The highest BCUT2D eigenvalue weighted by Gasteiger charge is 2.76. The number of hydrogen-bond acceptors (Lipinski definition) is 7. The highest BCUT2D eigenvalue weighted by molar-refractivity contribution is 6.07. The number of fused-ring (bicyclic) bond motifs is 2. The SMILES string of the molecule is CCOC(=O)C1C2C(NC(=O)c3c[nH]c4ccccc34)CC(NC(=O)OC(C)(C)C)(C(=O)OCC)C12. The molecule has 2 fully saturated rings. The van der Waals surface area contributed by atoms with E-state index in [1.165, 1.54) is 0 Å². The first kappa shape index (κ1) is 25.5. The molecule has 1 heterocycles. The second-order valence-corrected chi connectivity index (χ2v) is 10.2. The third-order valence-corrected chi connectivity index (χ3v) is 6.72. The number of carbonyl (C=O) groups is 4. The molecule has 2 aliphatic rings. The highest BCUT2D eigenvalue weighted by Crippen LogP contribution is 2.63. The molecule has 5 unspecified atom stereocenters. The number of aromatic amines is 1. The summed E-state index contributed by atoms with van der Waals surface area (Å²) >= 11 is 0. The van der Waals surface area contributed by atoms with Crippen LogP contribution in [0.4, 0.5) is 4.79 Å². The quantitative estimate of drug-likeness (QED) is 0.394. The minimum Gasteiger partial charge on any atom is -0.466 e. The molecule has 10 heteroatoms. The largest absolute Gasteiger partial charge is 0.466 e. The van der Waals surface area contributed by atoms with E-state index >= 15 is 0 Å². The zero-order chi connectivity index (χ0) is 26.3. The van der Waals surface area contributed by atoms with E-state index in [9.17, 15) is 19.2 Å². The fourth-order valence-corrected chi connectivity index (χ4v) is 5.43. The van der Waals surface area contributed by atoms with Gasteiger partial charge in [0.05, 0.1) is 24.7 Å². The molecule has 2 aliphatic carbocycles. The number of para-hydroxylation sites is 1. The first-order valence-electron chi connectivity index (χ1n) is 12.2. The number of esters is 2. The molecule has 2 amide bonds. The standard InChI is InChI=1S/C26H33N3O7/c1-6-34-22(31)19-18-17(28-21(30)15-13-27-16-11-9-8-10-14(15)16)12-26(20(18)19,23(32)35-7-2)29-24(33)36-25(3,4)5/h8-11,13,17-20,27H,6-7,12H2,1-5H3,(H,28,30)(H,29,33). The molecule has 0 aliphatic heterocycles. The maximum Gasteiger partial charge on any atom is 0.408 e. The Hall–Kier alpha value is -3.56. The van der Waals surface area contributed by atoms with Gasteiger partial charge in [0.15, 0.2) is 0 Å². The molecule has 0 spiro atoms. The molecule has 2 aromatic rings. The van der Waals surface area contributed by atoms with Gasteiger partial charge < -0.3 is 29.8 Å². The van der Waals surface area contributed by atoms with Gasteiger partial charge in [-0.2, -0.15) is 0 Å². The zero-order valence-corrected chi connectivity index (χ0v) is 21.2. The van der Waals surface area contributed by atoms with E-state index in [4.69, 9.17) is 14.2 Å². The first-order chi connectivity index (χ1) is 17.0. The van der Waals surface area contributed by atoms with Gasteiger partial charge in [0.25, 0.3) is 5.91 Å². The molecule has 0 radical (unpaired) electrons. The second-order valence-electron chi connectivity index (χ2n) is 10.2. The Morgan fingerprint density at radius 2 is 1.78 bits per heavy atom. The van der Waals surface area contributed by atoms with Gasteiger partial charge in [0.1, 0.15) is 11.1 Å². The van der Waals surface area contributed by atoms with Gasteiger partial charge in [-0.3, -0.25) is 9.59 Å². The molecule has 4 rings (SSSR count). The van der Waals surface area contributed by atoms with Crippen molar-refractivity contribution in [1.29, 1.82) is 0 Å². The van der Waals surface area contributed by atoms with Crippen molar-refractivity contribution < 1.29 is 33.4 Å². The molecule has 3 N–H and O–H groups in total. The molecular formula is C26H33N3O7. The number of alkyl carbamates (subject to hydrolysis) is 1. The topological polar surface area (TPSA) is 136 Å². The molecule has 1 aromatic heterocycles. The van der Waals surface area contributed by atoms with Crippen molar-refractivity contribution in [2.24, 2.45) is 17.8 Å². The van der Waals surface area contributed by atoms with Crippen molar-refractivity contribution >= 4 is 34.8 Å². The van der Waals surface area contributed by atoms with Crippen molar-refractivity contribution in [1.82, 2.24) is 15.6 Å². The molecule has 10 nitrogen and oxygen atoms in total. The van der Waals surface area contributed by atoms with Crippen LogP contribution in [0.1, 0.15) is 51.4 Å². The summed E-state index contributed by atoms with van der Waals surface area (Å²) in [6.45, 7) is 8.76.